The standard InChI is InChI=1S/C24H28N2O5/c1-5-14-12-26(29)18-10-16(14)24(22(28)30-4)19(26)11-23(21(24)31-13(2)27)15-8-6-7-9-17(15)25(3)20(18)23/h5-9,16,18-21H,10-12H2,1-4H3. The van der Waals surface area contributed by atoms with Crippen LogP contribution in [0.3, 0.4) is 0 Å². The number of methoxy groups -OCH3 is 1. The fourth-order valence-corrected chi connectivity index (χ4v) is 8.60. The van der Waals surface area contributed by atoms with Gasteiger partial charge in [0.1, 0.15) is 24.7 Å². The molecule has 1 aromatic rings. The van der Waals surface area contributed by atoms with Crippen LogP contribution in [0.5, 0.6) is 0 Å². The van der Waals surface area contributed by atoms with E-state index in [9.17, 15) is 14.8 Å². The van der Waals surface area contributed by atoms with Crippen molar-refractivity contribution >= 4 is 17.6 Å². The van der Waals surface area contributed by atoms with Crippen molar-refractivity contribution in [2.75, 3.05) is 25.6 Å². The Kier molecular flexibility index (Phi) is 3.55. The number of quaternary nitrogens is 1. The number of fused-ring (bicyclic) bond motifs is 2. The van der Waals surface area contributed by atoms with E-state index in [2.05, 4.69) is 17.0 Å². The highest BCUT2D eigenvalue weighted by Crippen LogP contribution is 2.75. The van der Waals surface area contributed by atoms with Gasteiger partial charge in [0.05, 0.1) is 18.6 Å². The first-order valence-electron chi connectivity index (χ1n) is 11.1. The maximum Gasteiger partial charge on any atom is 0.322 e. The smallest absolute Gasteiger partial charge is 0.322 e. The van der Waals surface area contributed by atoms with Crippen molar-refractivity contribution in [3.8, 4) is 0 Å². The average molecular weight is 424 g/mol. The molecule has 8 atom stereocenters. The first-order valence-corrected chi connectivity index (χ1v) is 11.1. The SMILES string of the molecule is CC=C1C[N+]2([O-])C3CC1C1(C(=O)OC)C(OC(C)=O)C4(CC12)c1ccccc1N(C)C34. The quantitative estimate of drug-likeness (QED) is 0.314. The van der Waals surface area contributed by atoms with E-state index < -0.39 is 39.6 Å². The molecule has 5 heterocycles. The van der Waals surface area contributed by atoms with Gasteiger partial charge in [0.25, 0.3) is 0 Å². The van der Waals surface area contributed by atoms with Gasteiger partial charge in [-0.2, -0.15) is 0 Å². The van der Waals surface area contributed by atoms with E-state index in [-0.39, 0.29) is 18.0 Å². The molecule has 164 valence electrons. The molecule has 0 aromatic heterocycles. The molecule has 4 saturated heterocycles. The summed E-state index contributed by atoms with van der Waals surface area (Å²) in [6.07, 6.45) is 2.39. The molecule has 1 spiro atoms. The molecule has 8 unspecified atom stereocenters. The lowest BCUT2D eigenvalue weighted by molar-refractivity contribution is -0.950. The molecule has 7 heteroatoms. The number of hydrogen-bond acceptors (Lipinski definition) is 6. The number of allylic oxidation sites excluding steroid dienone is 1. The van der Waals surface area contributed by atoms with E-state index in [0.717, 1.165) is 16.8 Å². The molecule has 0 radical (unpaired) electrons. The second-order valence-electron chi connectivity index (χ2n) is 9.98. The molecule has 5 aliphatic heterocycles. The number of ether oxygens (including phenoxy) is 2. The summed E-state index contributed by atoms with van der Waals surface area (Å²) < 4.78 is 11.1. The Hall–Kier alpha value is -2.38. The second kappa shape index (κ2) is 5.70. The third kappa shape index (κ3) is 1.79. The van der Waals surface area contributed by atoms with Crippen LogP contribution in [0, 0.1) is 16.5 Å². The fraction of sp³-hybridized carbons (Fsp3) is 0.583. The summed E-state index contributed by atoms with van der Waals surface area (Å²) in [5.41, 5.74) is 1.40. The lowest BCUT2D eigenvalue weighted by Crippen LogP contribution is -2.79. The van der Waals surface area contributed by atoms with Crippen LogP contribution in [0.4, 0.5) is 5.69 Å². The first kappa shape index (κ1) is 19.3. The van der Waals surface area contributed by atoms with E-state index in [0.29, 0.717) is 19.4 Å². The van der Waals surface area contributed by atoms with Gasteiger partial charge >= 0.3 is 11.9 Å². The van der Waals surface area contributed by atoms with Gasteiger partial charge in [-0.05, 0) is 24.1 Å². The van der Waals surface area contributed by atoms with Crippen molar-refractivity contribution in [3.05, 3.63) is 46.7 Å². The number of carbonyl (C=O) groups is 2. The zero-order valence-electron chi connectivity index (χ0n) is 18.3. The molecule has 0 N–H and O–H groups in total. The fourth-order valence-electron chi connectivity index (χ4n) is 8.60. The minimum atomic E-state index is -1.16. The number of benzene rings is 1. The largest absolute Gasteiger partial charge is 0.632 e. The van der Waals surface area contributed by atoms with Crippen LogP contribution in [-0.4, -0.2) is 61.5 Å². The van der Waals surface area contributed by atoms with Crippen LogP contribution in [0.15, 0.2) is 35.9 Å². The van der Waals surface area contributed by atoms with E-state index in [4.69, 9.17) is 9.47 Å². The summed E-state index contributed by atoms with van der Waals surface area (Å²) in [7, 11) is 3.42. The Morgan fingerprint density at radius 1 is 1.32 bits per heavy atom. The Morgan fingerprint density at radius 2 is 2.06 bits per heavy atom. The van der Waals surface area contributed by atoms with Crippen molar-refractivity contribution in [1.82, 2.24) is 0 Å². The Morgan fingerprint density at radius 3 is 2.74 bits per heavy atom. The number of rotatable bonds is 2. The number of likely N-dealkylation sites (N-methyl/N-ethyl adjacent to an activating group) is 1. The van der Waals surface area contributed by atoms with Crippen LogP contribution in [0.2, 0.25) is 0 Å². The number of hydroxylamine groups is 3. The van der Waals surface area contributed by atoms with E-state index in [1.54, 1.807) is 0 Å². The number of carbonyl (C=O) groups excluding carboxylic acids is 2. The summed E-state index contributed by atoms with van der Waals surface area (Å²) in [5.74, 6) is -0.979. The lowest BCUT2D eigenvalue weighted by atomic mass is 9.58. The highest BCUT2D eigenvalue weighted by molar-refractivity contribution is 5.84. The average Bonchev–Trinajstić information content (AvgIpc) is 3.14. The molecule has 5 bridgehead atoms. The molecular formula is C24H28N2O5. The summed E-state index contributed by atoms with van der Waals surface area (Å²) in [4.78, 5) is 28.4. The highest BCUT2D eigenvalue weighted by atomic mass is 16.6. The van der Waals surface area contributed by atoms with Crippen LogP contribution in [0.1, 0.15) is 32.3 Å². The third-order valence-electron chi connectivity index (χ3n) is 9.29. The zero-order valence-corrected chi connectivity index (χ0v) is 18.3. The van der Waals surface area contributed by atoms with Gasteiger partial charge in [-0.3, -0.25) is 9.59 Å². The first-order chi connectivity index (χ1) is 14.8. The number of piperidine rings is 4. The Balaban J connectivity index is 1.72. The highest BCUT2D eigenvalue weighted by Gasteiger charge is 2.88. The molecular weight excluding hydrogens is 396 g/mol. The molecule has 1 aromatic carbocycles. The number of anilines is 1. The van der Waals surface area contributed by atoms with Crippen LogP contribution >= 0.6 is 0 Å². The lowest BCUT2D eigenvalue weighted by Gasteiger charge is -2.69. The van der Waals surface area contributed by atoms with Crippen LogP contribution in [-0.2, 0) is 24.5 Å². The van der Waals surface area contributed by atoms with Gasteiger partial charge in [-0.1, -0.05) is 24.3 Å². The minimum Gasteiger partial charge on any atom is -0.632 e. The Bertz CT molecular complexity index is 1050. The molecule has 31 heavy (non-hydrogen) atoms. The monoisotopic (exact) mass is 424 g/mol. The van der Waals surface area contributed by atoms with Crippen molar-refractivity contribution < 1.29 is 23.7 Å². The number of hydrogen-bond donors (Lipinski definition) is 0. The minimum absolute atomic E-state index is 0.127. The number of para-hydroxylation sites is 1. The maximum absolute atomic E-state index is 14.7. The number of esters is 2. The summed E-state index contributed by atoms with van der Waals surface area (Å²) >= 11 is 0. The van der Waals surface area contributed by atoms with Crippen molar-refractivity contribution in [1.29, 1.82) is 0 Å². The third-order valence-corrected chi connectivity index (χ3v) is 9.29. The van der Waals surface area contributed by atoms with E-state index >= 15 is 0 Å². The summed E-state index contributed by atoms with van der Waals surface area (Å²) in [5, 5.41) is 14.7. The van der Waals surface area contributed by atoms with Gasteiger partial charge in [0.2, 0.25) is 0 Å². The topological polar surface area (TPSA) is 78.9 Å². The maximum atomic E-state index is 14.7. The molecule has 7 nitrogen and oxygen atoms in total. The van der Waals surface area contributed by atoms with Gasteiger partial charge in [-0.15, -0.1) is 0 Å². The summed E-state index contributed by atoms with van der Waals surface area (Å²) in [6, 6.07) is 7.37. The van der Waals surface area contributed by atoms with Crippen molar-refractivity contribution in [2.45, 2.75) is 56.3 Å². The molecule has 1 saturated carbocycles. The second-order valence-corrected chi connectivity index (χ2v) is 9.98. The predicted molar refractivity (Wildman–Crippen MR) is 113 cm³/mol. The molecule has 1 aliphatic carbocycles. The van der Waals surface area contributed by atoms with Gasteiger partial charge in [0, 0.05) is 38.4 Å². The number of nitrogens with zero attached hydrogens (tertiary/aromatic N) is 2. The van der Waals surface area contributed by atoms with Crippen LogP contribution < -0.4 is 4.90 Å². The van der Waals surface area contributed by atoms with Crippen LogP contribution in [0.25, 0.3) is 0 Å². The van der Waals surface area contributed by atoms with Gasteiger partial charge in [0.15, 0.2) is 5.41 Å². The normalized spacial score (nSPS) is 46.8. The van der Waals surface area contributed by atoms with Crippen molar-refractivity contribution in [2.24, 2.45) is 11.3 Å². The van der Waals surface area contributed by atoms with Crippen molar-refractivity contribution in [3.63, 3.8) is 0 Å². The van der Waals surface area contributed by atoms with E-state index in [1.165, 1.54) is 14.0 Å². The molecule has 0 amide bonds. The van der Waals surface area contributed by atoms with Gasteiger partial charge in [-0.25, -0.2) is 0 Å². The van der Waals surface area contributed by atoms with Gasteiger partial charge < -0.3 is 24.2 Å². The van der Waals surface area contributed by atoms with E-state index in [1.807, 2.05) is 32.2 Å². The molecule has 7 rings (SSSR count). The predicted octanol–water partition coefficient (Wildman–Crippen LogP) is 2.28. The molecule has 5 fully saturated rings. The zero-order chi connectivity index (χ0) is 21.9. The molecule has 6 aliphatic rings. The Labute approximate surface area is 181 Å². The summed E-state index contributed by atoms with van der Waals surface area (Å²) in [6.45, 7) is 3.73.